The first-order valence-corrected chi connectivity index (χ1v) is 25.5. The van der Waals surface area contributed by atoms with Gasteiger partial charge < -0.3 is 14.2 Å². The van der Waals surface area contributed by atoms with Crippen molar-refractivity contribution >= 4 is 27.5 Å². The van der Waals surface area contributed by atoms with Crippen molar-refractivity contribution in [1.82, 2.24) is 0 Å². The van der Waals surface area contributed by atoms with Crippen LogP contribution in [0, 0.1) is 0 Å². The second-order valence-electron chi connectivity index (χ2n) is 16.1. The van der Waals surface area contributed by atoms with Crippen LogP contribution in [0.15, 0.2) is 151 Å². The van der Waals surface area contributed by atoms with Crippen molar-refractivity contribution in [2.24, 2.45) is 0 Å². The molecule has 0 radical (unpaired) electrons. The number of aryl methyl sites for hydroxylation is 2. The van der Waals surface area contributed by atoms with Crippen LogP contribution < -0.4 is 9.47 Å². The Morgan fingerprint density at radius 3 is 1.85 bits per heavy atom. The number of unbranched alkanes of at least 4 members (excludes halogenated alkanes) is 3. The van der Waals surface area contributed by atoms with E-state index in [9.17, 15) is 4.79 Å². The molecule has 4 nitrogen and oxygen atoms in total. The van der Waals surface area contributed by atoms with Crippen LogP contribution in [0.3, 0.4) is 0 Å². The molecule has 5 heteroatoms. The van der Waals surface area contributed by atoms with E-state index in [0.717, 1.165) is 78.5 Å². The molecule has 0 unspecified atom stereocenters. The molecule has 67 heavy (non-hydrogen) atoms. The average molecular weight is 966 g/mol. The van der Waals surface area contributed by atoms with Gasteiger partial charge >= 0.3 is 5.97 Å². The summed E-state index contributed by atoms with van der Waals surface area (Å²) in [6, 6.07) is 45.3. The number of carbonyl (C=O) groups excluding carboxylic acids is 1. The summed E-state index contributed by atoms with van der Waals surface area (Å²) in [5.74, 6) is 1.34. The molecule has 0 saturated heterocycles. The molecule has 7 rings (SSSR count). The van der Waals surface area contributed by atoms with E-state index in [2.05, 4.69) is 155 Å². The fraction of sp³-hybridized carbons (Fsp3) is 0.339. The minimum Gasteiger partial charge on any atom is -0.494 e. The second-order valence-corrected chi connectivity index (χ2v) is 16.9. The zero-order valence-electron chi connectivity index (χ0n) is 42.1. The minimum absolute atomic E-state index is 0.360. The van der Waals surface area contributed by atoms with E-state index in [0.29, 0.717) is 19.8 Å². The topological polar surface area (TPSA) is 44.8 Å². The molecule has 0 spiro atoms. The number of hydrogen-bond acceptors (Lipinski definition) is 4. The monoisotopic (exact) mass is 965 g/mol. The Labute approximate surface area is 413 Å². The van der Waals surface area contributed by atoms with Crippen molar-refractivity contribution < 1.29 is 19.0 Å². The Morgan fingerprint density at radius 1 is 0.627 bits per heavy atom. The summed E-state index contributed by atoms with van der Waals surface area (Å²) in [6.45, 7) is 27.7. The highest BCUT2D eigenvalue weighted by atomic mass is 79.9. The molecular weight excluding hydrogens is 889 g/mol. The summed E-state index contributed by atoms with van der Waals surface area (Å²) in [7, 11) is 0. The van der Waals surface area contributed by atoms with Crippen LogP contribution in [0.2, 0.25) is 0 Å². The minimum atomic E-state index is -0.360. The lowest BCUT2D eigenvalue weighted by Gasteiger charge is -2.14. The van der Waals surface area contributed by atoms with Crippen molar-refractivity contribution in [2.75, 3.05) is 13.2 Å². The number of ether oxygens (including phenoxy) is 3. The van der Waals surface area contributed by atoms with E-state index in [-0.39, 0.29) is 5.97 Å². The van der Waals surface area contributed by atoms with Crippen molar-refractivity contribution in [3.05, 3.63) is 184 Å². The van der Waals surface area contributed by atoms with Gasteiger partial charge in [0.1, 0.15) is 18.1 Å². The van der Waals surface area contributed by atoms with Crippen LogP contribution in [0.1, 0.15) is 134 Å². The lowest BCUT2D eigenvalue weighted by Crippen LogP contribution is -2.02. The Bertz CT molecular complexity index is 2390. The lowest BCUT2D eigenvalue weighted by molar-refractivity contribution is -0.137. The van der Waals surface area contributed by atoms with E-state index in [1.807, 2.05) is 64.1 Å². The van der Waals surface area contributed by atoms with Gasteiger partial charge in [0.15, 0.2) is 0 Å². The third-order valence-corrected chi connectivity index (χ3v) is 11.5. The molecule has 356 valence electrons. The molecule has 0 N–H and O–H groups in total. The van der Waals surface area contributed by atoms with Gasteiger partial charge in [-0.3, -0.25) is 0 Å². The number of allylic oxidation sites excluding steroid dienone is 1. The molecule has 6 aromatic rings. The van der Waals surface area contributed by atoms with Gasteiger partial charge in [-0.05, 0) is 149 Å². The molecule has 0 fully saturated rings. The van der Waals surface area contributed by atoms with Crippen molar-refractivity contribution in [3.63, 3.8) is 0 Å². The number of halogens is 1. The van der Waals surface area contributed by atoms with Gasteiger partial charge in [0.2, 0.25) is 0 Å². The Balaban J connectivity index is 0.000000424. The zero-order chi connectivity index (χ0) is 49.0. The Morgan fingerprint density at radius 2 is 1.21 bits per heavy atom. The first-order chi connectivity index (χ1) is 32.7. The summed E-state index contributed by atoms with van der Waals surface area (Å²) in [5.41, 5.74) is 16.7. The van der Waals surface area contributed by atoms with Crippen LogP contribution >= 0.6 is 15.9 Å². The number of benzene rings is 6. The van der Waals surface area contributed by atoms with Gasteiger partial charge in [0, 0.05) is 10.5 Å². The molecule has 0 heterocycles. The SMILES string of the molecule is C=C(C)c1ccc2c(c1)Cc1ccccc1-2.C=CC(=O)OCCCCCCOc1ccc(COc2ccc(-c3ccc(-c4ccc(CCC)cc4Br)cc3CC)cc2)cc1.CC.CC.CCC. The second kappa shape index (κ2) is 31.3. The Hall–Kier alpha value is -5.65. The summed E-state index contributed by atoms with van der Waals surface area (Å²) < 4.78 is 18.1. The number of fused-ring (bicyclic) bond motifs is 3. The maximum atomic E-state index is 11.0. The van der Waals surface area contributed by atoms with E-state index in [1.54, 1.807) is 0 Å². The standard InChI is InChI=1S/C39H43BrO4.C16H14.C3H8.2C2H6/c1-4-11-29-14-22-37(38(40)26-29)33-17-23-36(31(5-2)27-33)32-15-20-35(21-16-32)44-28-30-12-18-34(19-13-30)42-24-9-7-8-10-25-43-39(41)6-3;1-11(2)12-7-8-16-14(9-12)10-13-5-3-4-6-15(13)16;1-3-2;2*1-2/h6,12-23,26-27H,3-5,7-11,24-25,28H2,1-2H3;3-9H,1,10H2,2H3;3H2,1-2H3;2*1-2H3. The quantitative estimate of drug-likeness (QED) is 0.0488. The van der Waals surface area contributed by atoms with Crippen molar-refractivity contribution in [3.8, 4) is 44.9 Å². The fourth-order valence-electron chi connectivity index (χ4n) is 7.54. The number of esters is 1. The zero-order valence-corrected chi connectivity index (χ0v) is 43.7. The molecule has 0 atom stereocenters. The van der Waals surface area contributed by atoms with Gasteiger partial charge in [-0.1, -0.05) is 200 Å². The average Bonchev–Trinajstić information content (AvgIpc) is 3.74. The van der Waals surface area contributed by atoms with Gasteiger partial charge in [0.25, 0.3) is 0 Å². The molecular formula is C62H77BrO4. The predicted octanol–water partition coefficient (Wildman–Crippen LogP) is 18.3. The van der Waals surface area contributed by atoms with Gasteiger partial charge in [-0.2, -0.15) is 0 Å². The first-order valence-electron chi connectivity index (χ1n) is 24.7. The van der Waals surface area contributed by atoms with Gasteiger partial charge in [-0.15, -0.1) is 0 Å². The molecule has 0 amide bonds. The smallest absolute Gasteiger partial charge is 0.330 e. The number of rotatable bonds is 18. The maximum Gasteiger partial charge on any atom is 0.330 e. The lowest BCUT2D eigenvalue weighted by atomic mass is 9.93. The van der Waals surface area contributed by atoms with Crippen LogP contribution in [0.25, 0.3) is 39.0 Å². The van der Waals surface area contributed by atoms with Gasteiger partial charge in [-0.25, -0.2) is 4.79 Å². The molecule has 0 aromatic heterocycles. The van der Waals surface area contributed by atoms with Crippen LogP contribution in [-0.4, -0.2) is 19.2 Å². The number of carbonyl (C=O) groups is 1. The van der Waals surface area contributed by atoms with E-state index >= 15 is 0 Å². The third-order valence-electron chi connectivity index (χ3n) is 10.9. The Kier molecular flexibility index (Phi) is 26.0. The molecule has 1 aliphatic carbocycles. The highest BCUT2D eigenvalue weighted by Gasteiger charge is 2.18. The van der Waals surface area contributed by atoms with E-state index < -0.39 is 0 Å². The highest BCUT2D eigenvalue weighted by Crippen LogP contribution is 2.38. The van der Waals surface area contributed by atoms with Gasteiger partial charge in [0.05, 0.1) is 13.2 Å². The molecule has 0 aliphatic heterocycles. The normalized spacial score (nSPS) is 10.4. The predicted molar refractivity (Wildman–Crippen MR) is 292 cm³/mol. The largest absolute Gasteiger partial charge is 0.494 e. The summed E-state index contributed by atoms with van der Waals surface area (Å²) in [5, 5.41) is 0. The van der Waals surface area contributed by atoms with E-state index in [1.165, 1.54) is 73.7 Å². The highest BCUT2D eigenvalue weighted by molar-refractivity contribution is 9.10. The van der Waals surface area contributed by atoms with E-state index in [4.69, 9.17) is 14.2 Å². The number of hydrogen-bond donors (Lipinski definition) is 0. The fourth-order valence-corrected chi connectivity index (χ4v) is 8.20. The summed E-state index contributed by atoms with van der Waals surface area (Å²) in [6.07, 6.45) is 10.6. The molecule has 1 aliphatic rings. The maximum absolute atomic E-state index is 11.0. The molecule has 0 bridgehead atoms. The molecule has 6 aromatic carbocycles. The third kappa shape index (κ3) is 17.8. The van der Waals surface area contributed by atoms with Crippen LogP contribution in [0.4, 0.5) is 0 Å². The first kappa shape index (κ1) is 55.7. The summed E-state index contributed by atoms with van der Waals surface area (Å²) >= 11 is 3.80. The molecule has 0 saturated carbocycles. The summed E-state index contributed by atoms with van der Waals surface area (Å²) in [4.78, 5) is 11.0. The van der Waals surface area contributed by atoms with Crippen LogP contribution in [0.5, 0.6) is 11.5 Å². The van der Waals surface area contributed by atoms with Crippen LogP contribution in [-0.2, 0) is 35.4 Å². The van der Waals surface area contributed by atoms with Crippen molar-refractivity contribution in [1.29, 1.82) is 0 Å². The van der Waals surface area contributed by atoms with Crippen molar-refractivity contribution in [2.45, 2.75) is 127 Å².